The lowest BCUT2D eigenvalue weighted by atomic mass is 9.90. The Kier molecular flexibility index (Phi) is 34.2. The molecule has 0 saturated carbocycles. The normalized spacial score (nSPS) is 13.6. The van der Waals surface area contributed by atoms with Crippen molar-refractivity contribution in [2.75, 3.05) is 19.7 Å². The molecule has 0 radical (unpaired) electrons. The number of carbonyl (C=O) groups excluding carboxylic acids is 1. The quantitative estimate of drug-likeness (QED) is 0.0672. The zero-order valence-corrected chi connectivity index (χ0v) is 31.3. The maximum Gasteiger partial charge on any atom is 0.225 e. The van der Waals surface area contributed by atoms with Crippen LogP contribution in [-0.2, 0) is 4.79 Å². The van der Waals surface area contributed by atoms with Crippen LogP contribution in [0.1, 0.15) is 220 Å². The van der Waals surface area contributed by atoms with Crippen LogP contribution in [0.2, 0.25) is 0 Å². The van der Waals surface area contributed by atoms with Crippen LogP contribution >= 0.6 is 0 Å². The predicted molar refractivity (Wildman–Crippen MR) is 198 cm³/mol. The van der Waals surface area contributed by atoms with Gasteiger partial charge in [-0.25, -0.2) is 0 Å². The lowest BCUT2D eigenvalue weighted by Gasteiger charge is -2.32. The molecule has 45 heavy (non-hydrogen) atoms. The molecule has 0 spiro atoms. The van der Waals surface area contributed by atoms with Crippen LogP contribution in [0, 0.1) is 11.8 Å². The van der Waals surface area contributed by atoms with Gasteiger partial charge in [0.25, 0.3) is 0 Å². The van der Waals surface area contributed by atoms with E-state index in [4.69, 9.17) is 0 Å². The number of carbonyl (C=O) groups is 1. The van der Waals surface area contributed by atoms with E-state index < -0.39 is 6.10 Å². The minimum Gasteiger partial charge on any atom is -0.394 e. The van der Waals surface area contributed by atoms with Crippen LogP contribution in [0.15, 0.2) is 0 Å². The minimum absolute atomic E-state index is 0.0611. The molecule has 1 amide bonds. The second-order valence-corrected chi connectivity index (χ2v) is 14.6. The van der Waals surface area contributed by atoms with Gasteiger partial charge < -0.3 is 15.1 Å². The summed E-state index contributed by atoms with van der Waals surface area (Å²) in [5, 5.41) is 20.1. The summed E-state index contributed by atoms with van der Waals surface area (Å²) in [5.41, 5.74) is 0. The van der Waals surface area contributed by atoms with Gasteiger partial charge in [-0.2, -0.15) is 0 Å². The molecule has 0 saturated heterocycles. The molecule has 270 valence electrons. The first-order chi connectivity index (χ1) is 22.0. The molecule has 4 nitrogen and oxygen atoms in total. The van der Waals surface area contributed by atoms with Crippen LogP contribution in [0.25, 0.3) is 0 Å². The van der Waals surface area contributed by atoms with Crippen molar-refractivity contribution in [3.8, 4) is 0 Å². The Hall–Kier alpha value is -0.610. The van der Waals surface area contributed by atoms with E-state index >= 15 is 0 Å². The number of rotatable bonds is 36. The Labute approximate surface area is 283 Å². The molecule has 0 aromatic heterocycles. The second-order valence-electron chi connectivity index (χ2n) is 14.6. The SMILES string of the molecule is CCCCCCCCCCCCCCCCC(CCCCC)CN(CC(O)CO)C(=O)C(CCCCC)CCCCCCCC. The van der Waals surface area contributed by atoms with Gasteiger partial charge in [-0.15, -0.1) is 0 Å². The van der Waals surface area contributed by atoms with E-state index in [-0.39, 0.29) is 25.0 Å². The van der Waals surface area contributed by atoms with E-state index in [1.54, 1.807) is 0 Å². The van der Waals surface area contributed by atoms with Crippen molar-refractivity contribution < 1.29 is 15.0 Å². The molecule has 0 heterocycles. The fraction of sp³-hybridized carbons (Fsp3) is 0.976. The summed E-state index contributed by atoms with van der Waals surface area (Å²) in [6.07, 6.45) is 37.4. The molecule has 0 aliphatic carbocycles. The van der Waals surface area contributed by atoms with E-state index in [0.29, 0.717) is 5.92 Å². The minimum atomic E-state index is -0.850. The number of aliphatic hydroxyl groups is 2. The van der Waals surface area contributed by atoms with Crippen LogP contribution in [-0.4, -0.2) is 46.8 Å². The van der Waals surface area contributed by atoms with Gasteiger partial charge in [-0.1, -0.05) is 195 Å². The van der Waals surface area contributed by atoms with Crippen molar-refractivity contribution in [1.82, 2.24) is 4.90 Å². The number of nitrogens with zero attached hydrogens (tertiary/aromatic N) is 1. The monoisotopic (exact) mass is 638 g/mol. The molecule has 3 atom stereocenters. The molecule has 0 fully saturated rings. The molecule has 4 heteroatoms. The number of hydrogen-bond acceptors (Lipinski definition) is 3. The number of amides is 1. The Morgan fingerprint density at radius 2 is 0.778 bits per heavy atom. The van der Waals surface area contributed by atoms with E-state index in [9.17, 15) is 15.0 Å². The Bertz CT molecular complexity index is 597. The van der Waals surface area contributed by atoms with Crippen molar-refractivity contribution in [2.24, 2.45) is 11.8 Å². The number of aliphatic hydroxyl groups excluding tert-OH is 2. The maximum absolute atomic E-state index is 14.1. The summed E-state index contributed by atoms with van der Waals surface area (Å²) in [4.78, 5) is 16.0. The van der Waals surface area contributed by atoms with Crippen LogP contribution in [0.3, 0.4) is 0 Å². The molecule has 0 rings (SSSR count). The third-order valence-electron chi connectivity index (χ3n) is 10.0. The maximum atomic E-state index is 14.1. The first-order valence-electron chi connectivity index (χ1n) is 20.6. The van der Waals surface area contributed by atoms with Crippen molar-refractivity contribution in [3.63, 3.8) is 0 Å². The van der Waals surface area contributed by atoms with E-state index in [1.165, 1.54) is 167 Å². The van der Waals surface area contributed by atoms with Crippen LogP contribution in [0.5, 0.6) is 0 Å². The van der Waals surface area contributed by atoms with Gasteiger partial charge in [-0.3, -0.25) is 4.79 Å². The van der Waals surface area contributed by atoms with Gasteiger partial charge in [0, 0.05) is 19.0 Å². The number of unbranched alkanes of at least 4 members (excludes halogenated alkanes) is 22. The third kappa shape index (κ3) is 28.1. The largest absolute Gasteiger partial charge is 0.394 e. The lowest BCUT2D eigenvalue weighted by molar-refractivity contribution is -0.138. The molecule has 0 bridgehead atoms. The fourth-order valence-electron chi connectivity index (χ4n) is 6.98. The number of hydrogen-bond donors (Lipinski definition) is 2. The fourth-order valence-corrected chi connectivity index (χ4v) is 6.98. The average Bonchev–Trinajstić information content (AvgIpc) is 3.04. The molecule has 0 aromatic carbocycles. The summed E-state index contributed by atoms with van der Waals surface area (Å²) in [5.74, 6) is 0.800. The standard InChI is InChI=1S/C41H83NO3/c1-5-9-13-15-17-18-19-20-21-22-23-24-25-29-32-38(31-27-11-7-3)35-42(36-40(44)37-43)41(45)39(33-28-12-8-4)34-30-26-16-14-10-6-2/h38-40,43-44H,5-37H2,1-4H3. The summed E-state index contributed by atoms with van der Waals surface area (Å²) in [6, 6.07) is 0. The summed E-state index contributed by atoms with van der Waals surface area (Å²) in [6.45, 7) is 9.79. The summed E-state index contributed by atoms with van der Waals surface area (Å²) in [7, 11) is 0. The first kappa shape index (κ1) is 44.4. The zero-order valence-electron chi connectivity index (χ0n) is 31.3. The van der Waals surface area contributed by atoms with E-state index in [1.807, 2.05) is 4.90 Å². The summed E-state index contributed by atoms with van der Waals surface area (Å²) >= 11 is 0. The highest BCUT2D eigenvalue weighted by Gasteiger charge is 2.27. The van der Waals surface area contributed by atoms with Crippen molar-refractivity contribution in [3.05, 3.63) is 0 Å². The predicted octanol–water partition coefficient (Wildman–Crippen LogP) is 12.2. The highest BCUT2D eigenvalue weighted by molar-refractivity contribution is 5.78. The highest BCUT2D eigenvalue weighted by atomic mass is 16.3. The van der Waals surface area contributed by atoms with Gasteiger partial charge in [0.05, 0.1) is 12.7 Å². The second kappa shape index (κ2) is 34.7. The molecular formula is C41H83NO3. The van der Waals surface area contributed by atoms with E-state index in [0.717, 1.165) is 32.2 Å². The highest BCUT2D eigenvalue weighted by Crippen LogP contribution is 2.25. The van der Waals surface area contributed by atoms with Gasteiger partial charge in [0.15, 0.2) is 0 Å². The van der Waals surface area contributed by atoms with Crippen molar-refractivity contribution in [1.29, 1.82) is 0 Å². The van der Waals surface area contributed by atoms with Crippen molar-refractivity contribution >= 4 is 5.91 Å². The van der Waals surface area contributed by atoms with Gasteiger partial charge in [0.1, 0.15) is 0 Å². The molecule has 2 N–H and O–H groups in total. The van der Waals surface area contributed by atoms with Gasteiger partial charge >= 0.3 is 0 Å². The van der Waals surface area contributed by atoms with Crippen molar-refractivity contribution in [2.45, 2.75) is 226 Å². The molecule has 3 unspecified atom stereocenters. The molecule has 0 aliphatic heterocycles. The lowest BCUT2D eigenvalue weighted by Crippen LogP contribution is -2.44. The molecule has 0 aliphatic rings. The Morgan fingerprint density at radius 1 is 0.467 bits per heavy atom. The van der Waals surface area contributed by atoms with Gasteiger partial charge in [0.2, 0.25) is 5.91 Å². The topological polar surface area (TPSA) is 60.8 Å². The third-order valence-corrected chi connectivity index (χ3v) is 10.0. The Balaban J connectivity index is 4.88. The average molecular weight is 638 g/mol. The molecular weight excluding hydrogens is 554 g/mol. The smallest absolute Gasteiger partial charge is 0.225 e. The van der Waals surface area contributed by atoms with Gasteiger partial charge in [-0.05, 0) is 31.6 Å². The summed E-state index contributed by atoms with van der Waals surface area (Å²) < 4.78 is 0. The van der Waals surface area contributed by atoms with Crippen LogP contribution in [0.4, 0.5) is 0 Å². The first-order valence-corrected chi connectivity index (χ1v) is 20.6. The van der Waals surface area contributed by atoms with Crippen LogP contribution < -0.4 is 0 Å². The van der Waals surface area contributed by atoms with E-state index in [2.05, 4.69) is 27.7 Å². The zero-order chi connectivity index (χ0) is 33.2. The Morgan fingerprint density at radius 3 is 1.18 bits per heavy atom. The molecule has 0 aromatic rings.